The van der Waals surface area contributed by atoms with E-state index in [9.17, 15) is 27.6 Å². The van der Waals surface area contributed by atoms with Crippen molar-refractivity contribution < 1.29 is 112 Å². The van der Waals surface area contributed by atoms with Crippen LogP contribution >= 0.6 is 0 Å². The van der Waals surface area contributed by atoms with Crippen LogP contribution in [0.4, 0.5) is 0 Å². The Balaban J connectivity index is 0.000000697. The van der Waals surface area contributed by atoms with E-state index in [0.29, 0.717) is 107 Å². The second-order valence-corrected chi connectivity index (χ2v) is 40.9. The van der Waals surface area contributed by atoms with Crippen LogP contribution in [0.25, 0.3) is 6.08 Å². The highest BCUT2D eigenvalue weighted by Crippen LogP contribution is 2.27. The molecule has 0 bridgehead atoms. The van der Waals surface area contributed by atoms with Gasteiger partial charge in [0.15, 0.2) is 0 Å². The third kappa shape index (κ3) is 25.5. The van der Waals surface area contributed by atoms with Crippen molar-refractivity contribution in [1.29, 1.82) is 0 Å². The molecule has 528 valence electrons. The minimum absolute atomic E-state index is 0.0657. The molecule has 0 saturated heterocycles. The molecule has 1 heterocycles. The highest BCUT2D eigenvalue weighted by molar-refractivity contribution is 7.89. The van der Waals surface area contributed by atoms with E-state index >= 15 is 0 Å². The SMILES string of the molecule is C=C(C)C(=O)N(CCC[Si](OC)(OC)OC)CCC[Si](OC)(OC)OC.C=Cc1ccc(S(=O)(=O)N(CCC[Si](OC)(OC)OC)CCC[Si](OC)(OC)OC)cc1.CO[Si](CCCN(CCC[Si](OC)(OC)OC)C(=O)c1ccc2c(c1)C(=O)OC2=O)(OC)OC. The molecule has 28 nitrogen and oxygen atoms in total. The molecule has 1 aliphatic rings. The van der Waals surface area contributed by atoms with Gasteiger partial charge in [-0.05, 0) is 81.3 Å². The molecule has 0 aromatic heterocycles. The van der Waals surface area contributed by atoms with E-state index in [2.05, 4.69) is 17.9 Å². The number of carbonyl (C=O) groups excluding carboxylic acids is 4. The number of esters is 2. The third-order valence-electron chi connectivity index (χ3n) is 15.6. The number of amides is 2. The van der Waals surface area contributed by atoms with Crippen molar-refractivity contribution in [3.8, 4) is 0 Å². The van der Waals surface area contributed by atoms with Gasteiger partial charge in [0.2, 0.25) is 15.9 Å². The Labute approximate surface area is 553 Å². The molecule has 1 aliphatic heterocycles. The zero-order chi connectivity index (χ0) is 69.8. The Kier molecular flexibility index (Phi) is 41.0. The summed E-state index contributed by atoms with van der Waals surface area (Å²) in [5, 5.41) is 0. The van der Waals surface area contributed by atoms with E-state index in [1.54, 1.807) is 132 Å². The molecule has 0 unspecified atom stereocenters. The van der Waals surface area contributed by atoms with Crippen LogP contribution in [0.2, 0.25) is 36.3 Å². The third-order valence-corrected chi connectivity index (χ3v) is 34.5. The van der Waals surface area contributed by atoms with Gasteiger partial charge in [-0.1, -0.05) is 31.4 Å². The van der Waals surface area contributed by atoms with Gasteiger partial charge >= 0.3 is 64.8 Å². The van der Waals surface area contributed by atoms with Crippen molar-refractivity contribution in [2.45, 2.75) is 86.6 Å². The summed E-state index contributed by atoms with van der Waals surface area (Å²) in [6.45, 7) is 11.7. The topological polar surface area (TPSA) is 288 Å². The summed E-state index contributed by atoms with van der Waals surface area (Å²) >= 11 is 0. The van der Waals surface area contributed by atoms with Crippen LogP contribution in [0.15, 0.2) is 66.1 Å². The first-order chi connectivity index (χ1) is 43.7. The first-order valence-electron chi connectivity index (χ1n) is 29.5. The maximum Gasteiger partial charge on any atom is 0.500 e. The van der Waals surface area contributed by atoms with Crippen molar-refractivity contribution in [1.82, 2.24) is 14.1 Å². The first kappa shape index (κ1) is 86.5. The summed E-state index contributed by atoms with van der Waals surface area (Å²) in [6.07, 6.45) is 5.27. The molecule has 0 spiro atoms. The van der Waals surface area contributed by atoms with Crippen molar-refractivity contribution in [3.63, 3.8) is 0 Å². The van der Waals surface area contributed by atoms with Gasteiger partial charge in [0.1, 0.15) is 0 Å². The maximum absolute atomic E-state index is 13.4. The van der Waals surface area contributed by atoms with Crippen molar-refractivity contribution in [2.24, 2.45) is 0 Å². The molecular weight excluding hydrogens is 1330 g/mol. The van der Waals surface area contributed by atoms with E-state index in [1.165, 1.54) is 65.2 Å². The number of nitrogens with zero attached hydrogens (tertiary/aromatic N) is 3. The van der Waals surface area contributed by atoms with Crippen LogP contribution in [0.1, 0.15) is 82.1 Å². The van der Waals surface area contributed by atoms with E-state index in [0.717, 1.165) is 5.56 Å². The molecule has 0 radical (unpaired) electrons. The van der Waals surface area contributed by atoms with E-state index in [4.69, 9.17) is 79.7 Å². The Bertz CT molecular complexity index is 2500. The van der Waals surface area contributed by atoms with Gasteiger partial charge in [0.25, 0.3) is 5.91 Å². The average Bonchev–Trinajstić information content (AvgIpc) is 1.60. The van der Waals surface area contributed by atoms with Crippen LogP contribution in [0.5, 0.6) is 0 Å². The molecule has 3 rings (SSSR count). The van der Waals surface area contributed by atoms with Crippen LogP contribution in [-0.2, 0) is 99.2 Å². The van der Waals surface area contributed by atoms with Gasteiger partial charge < -0.3 is 94.2 Å². The van der Waals surface area contributed by atoms with Crippen molar-refractivity contribution in [2.75, 3.05) is 167 Å². The van der Waals surface area contributed by atoms with E-state index < -0.39 is 74.8 Å². The molecule has 35 heteroatoms. The molecule has 0 saturated carbocycles. The quantitative estimate of drug-likeness (QED) is 0.0286. The summed E-state index contributed by atoms with van der Waals surface area (Å²) in [6, 6.07) is 14.3. The molecule has 0 N–H and O–H groups in total. The lowest BCUT2D eigenvalue weighted by molar-refractivity contribution is -0.127. The molecule has 0 aliphatic carbocycles. The number of ether oxygens (including phenoxy) is 1. The number of hydrogen-bond acceptors (Lipinski definition) is 25. The minimum atomic E-state index is -3.72. The number of fused-ring (bicyclic) bond motifs is 1. The molecule has 92 heavy (non-hydrogen) atoms. The summed E-state index contributed by atoms with van der Waals surface area (Å²) in [5.74, 6) is -1.82. The maximum atomic E-state index is 13.4. The summed E-state index contributed by atoms with van der Waals surface area (Å²) < 4.78 is 131. The zero-order valence-corrected chi connectivity index (χ0v) is 64.5. The first-order valence-corrected chi connectivity index (χ1v) is 42.6. The lowest BCUT2D eigenvalue weighted by Crippen LogP contribution is -2.44. The molecule has 2 amide bonds. The summed E-state index contributed by atoms with van der Waals surface area (Å²) in [7, 11) is 7.80. The van der Waals surface area contributed by atoms with Gasteiger partial charge in [-0.25, -0.2) is 18.0 Å². The Morgan fingerprint density at radius 3 is 1.00 bits per heavy atom. The summed E-state index contributed by atoms with van der Waals surface area (Å²) in [5.41, 5.74) is 1.88. The number of sulfonamides is 1. The second-order valence-electron chi connectivity index (χ2n) is 20.4. The number of cyclic esters (lactones) is 2. The van der Waals surface area contributed by atoms with E-state index in [-0.39, 0.29) is 46.5 Å². The smallest absolute Gasteiger partial charge is 0.386 e. The minimum Gasteiger partial charge on any atom is -0.386 e. The van der Waals surface area contributed by atoms with Gasteiger partial charge in [-0.3, -0.25) is 9.59 Å². The predicted molar refractivity (Wildman–Crippen MR) is 356 cm³/mol. The molecule has 2 aromatic rings. The highest BCUT2D eigenvalue weighted by Gasteiger charge is 2.43. The van der Waals surface area contributed by atoms with Crippen LogP contribution in [-0.4, -0.2) is 266 Å². The van der Waals surface area contributed by atoms with E-state index in [1.807, 2.05) is 0 Å². The lowest BCUT2D eigenvalue weighted by atomic mass is 10.0. The fraction of sp³-hybridized carbons (Fsp3) is 0.649. The Hall–Kier alpha value is -3.51. The van der Waals surface area contributed by atoms with Crippen LogP contribution < -0.4 is 0 Å². The molecule has 0 atom stereocenters. The molecular formula is C57H105N3O25SSi6. The fourth-order valence-corrected chi connectivity index (χ4v) is 21.5. The number of benzene rings is 2. The fourth-order valence-electron chi connectivity index (χ4n) is 9.80. The monoisotopic (exact) mass is 1430 g/mol. The number of rotatable bonds is 47. The lowest BCUT2D eigenvalue weighted by Gasteiger charge is -2.28. The van der Waals surface area contributed by atoms with Crippen LogP contribution in [0, 0.1) is 0 Å². The van der Waals surface area contributed by atoms with Gasteiger partial charge in [-0.15, -0.1) is 0 Å². The standard InChI is InChI=1S/C21H33NO10Si2.C20H37NO8SSi2.C16H35NO7Si2/c1-26-33(27-2,28-3)13-7-11-22(12-8-14-34(29-4,30-5)31-6)19(23)16-9-10-17-18(15-16)21(25)32-20(17)24;1-8-19-11-13-20(14-12-19)30(22,23)21(15-9-17-31(24-2,25-3)26-4)16-10-18-32(27-5,28-6)29-7;1-15(2)16(18)17(11-9-13-25(19-3,20-4)21-5)12-10-14-26(22-6,23-7)24-8/h9-10,15H,7-8,11-14H2,1-6H3;8,11-14H,1,9-10,15-18H2,2-7H3;1,9-14H2,2-8H3. The predicted octanol–water partition coefficient (Wildman–Crippen LogP) is 6.76. The average molecular weight is 1430 g/mol. The van der Waals surface area contributed by atoms with Crippen molar-refractivity contribution >= 4 is 92.7 Å². The highest BCUT2D eigenvalue weighted by atomic mass is 32.2. The van der Waals surface area contributed by atoms with Crippen molar-refractivity contribution in [3.05, 3.63) is 83.4 Å². The number of carbonyl (C=O) groups is 4. The second kappa shape index (κ2) is 43.6. The van der Waals surface area contributed by atoms with Gasteiger partial charge in [0, 0.05) is 215 Å². The Morgan fingerprint density at radius 2 is 0.717 bits per heavy atom. The zero-order valence-electron chi connectivity index (χ0n) is 57.7. The summed E-state index contributed by atoms with van der Waals surface area (Å²) in [4.78, 5) is 53.2. The molecule has 2 aromatic carbocycles. The van der Waals surface area contributed by atoms with Gasteiger partial charge in [0.05, 0.1) is 16.0 Å². The normalized spacial score (nSPS) is 13.0. The largest absolute Gasteiger partial charge is 0.500 e. The molecule has 0 fully saturated rings. The van der Waals surface area contributed by atoms with Crippen LogP contribution in [0.3, 0.4) is 0 Å². The van der Waals surface area contributed by atoms with Gasteiger partial charge in [-0.2, -0.15) is 4.31 Å². The Morgan fingerprint density at radius 1 is 0.435 bits per heavy atom. The number of hydrogen-bond donors (Lipinski definition) is 0.